The zero-order valence-electron chi connectivity index (χ0n) is 20.7. The molecule has 0 bridgehead atoms. The lowest BCUT2D eigenvalue weighted by atomic mass is 9.85. The molecule has 0 unspecified atom stereocenters. The van der Waals surface area contributed by atoms with Crippen molar-refractivity contribution in [3.05, 3.63) is 72.3 Å². The van der Waals surface area contributed by atoms with E-state index in [0.29, 0.717) is 5.57 Å². The summed E-state index contributed by atoms with van der Waals surface area (Å²) < 4.78 is 70.6. The molecule has 0 amide bonds. The Hall–Kier alpha value is -2.57. The van der Waals surface area contributed by atoms with Gasteiger partial charge in [0.05, 0.1) is 29.5 Å². The van der Waals surface area contributed by atoms with Gasteiger partial charge in [-0.3, -0.25) is 4.79 Å². The van der Waals surface area contributed by atoms with Crippen molar-refractivity contribution >= 4 is 25.8 Å². The first-order valence-electron chi connectivity index (χ1n) is 11.1. The molecule has 196 valence electrons. The first-order chi connectivity index (χ1) is 17.0. The Labute approximate surface area is 212 Å². The van der Waals surface area contributed by atoms with Gasteiger partial charge in [0.15, 0.2) is 14.6 Å². The molecule has 9 nitrogen and oxygen atoms in total. The number of rotatable bonds is 10. The summed E-state index contributed by atoms with van der Waals surface area (Å²) in [6.07, 6.45) is 0. The molecule has 0 radical (unpaired) electrons. The number of methoxy groups -OCH3 is 2. The van der Waals surface area contributed by atoms with E-state index in [0.717, 1.165) is 17.0 Å². The van der Waals surface area contributed by atoms with Crippen molar-refractivity contribution in [2.75, 3.05) is 34.2 Å². The van der Waals surface area contributed by atoms with Gasteiger partial charge in [0.2, 0.25) is 10.0 Å². The standard InChI is InChI=1S/C25H31NO8S2/c1-18(2)22-15-26(36(30,31)21-13-11-19(3)12-14-21)23(16-34-17-32-4)25(22,24(27)33-5)35(28,29)20-9-7-6-8-10-20/h6-14,22-23H,1,15-17H2,2-5H3/t22-,23-,25+/m1/s1. The minimum Gasteiger partial charge on any atom is -0.468 e. The monoisotopic (exact) mass is 537 g/mol. The van der Waals surface area contributed by atoms with Crippen LogP contribution >= 0.6 is 0 Å². The van der Waals surface area contributed by atoms with Gasteiger partial charge in [0.1, 0.15) is 6.79 Å². The molecule has 0 aliphatic carbocycles. The molecular weight excluding hydrogens is 506 g/mol. The lowest BCUT2D eigenvalue weighted by Crippen LogP contribution is -2.61. The SMILES string of the molecule is C=C(C)[C@H]1CN(S(=O)(=O)c2ccc(C)cc2)[C@H](COCOC)[C@@]1(C(=O)OC)S(=O)(=O)c1ccccc1. The van der Waals surface area contributed by atoms with Crippen molar-refractivity contribution in [2.24, 2.45) is 5.92 Å². The summed E-state index contributed by atoms with van der Waals surface area (Å²) in [5, 5.41) is 0. The number of benzene rings is 2. The molecule has 1 aliphatic rings. The Balaban J connectivity index is 2.34. The van der Waals surface area contributed by atoms with E-state index < -0.39 is 49.1 Å². The molecule has 0 N–H and O–H groups in total. The molecule has 1 heterocycles. The number of carbonyl (C=O) groups excluding carboxylic acids is 1. The molecule has 0 saturated carbocycles. The van der Waals surface area contributed by atoms with E-state index in [1.165, 1.54) is 43.5 Å². The minimum atomic E-state index is -4.54. The maximum atomic E-state index is 14.3. The molecule has 3 atom stereocenters. The van der Waals surface area contributed by atoms with E-state index in [4.69, 9.17) is 14.2 Å². The highest BCUT2D eigenvalue weighted by Crippen LogP contribution is 2.49. The van der Waals surface area contributed by atoms with Crippen LogP contribution in [0.2, 0.25) is 0 Å². The van der Waals surface area contributed by atoms with Crippen LogP contribution in [0.4, 0.5) is 0 Å². The zero-order valence-corrected chi connectivity index (χ0v) is 22.3. The van der Waals surface area contributed by atoms with Crippen molar-refractivity contribution in [3.8, 4) is 0 Å². The van der Waals surface area contributed by atoms with Gasteiger partial charge in [-0.1, -0.05) is 48.0 Å². The van der Waals surface area contributed by atoms with Gasteiger partial charge in [-0.05, 0) is 38.1 Å². The zero-order chi connectivity index (χ0) is 26.7. The molecule has 2 aromatic carbocycles. The second-order valence-electron chi connectivity index (χ2n) is 8.68. The van der Waals surface area contributed by atoms with Crippen LogP contribution in [0.15, 0.2) is 76.5 Å². The number of hydrogen-bond acceptors (Lipinski definition) is 8. The third-order valence-electron chi connectivity index (χ3n) is 6.42. The van der Waals surface area contributed by atoms with Gasteiger partial charge in [-0.25, -0.2) is 16.8 Å². The molecule has 1 fully saturated rings. The van der Waals surface area contributed by atoms with E-state index in [2.05, 4.69) is 6.58 Å². The van der Waals surface area contributed by atoms with E-state index >= 15 is 0 Å². The second-order valence-corrected chi connectivity index (χ2v) is 12.7. The fraction of sp³-hybridized carbons (Fsp3) is 0.400. The van der Waals surface area contributed by atoms with Crippen LogP contribution in [0.25, 0.3) is 0 Å². The van der Waals surface area contributed by atoms with Gasteiger partial charge >= 0.3 is 5.97 Å². The van der Waals surface area contributed by atoms with Crippen molar-refractivity contribution < 1.29 is 35.8 Å². The normalized spacial score (nSPS) is 22.9. The molecule has 3 rings (SSSR count). The summed E-state index contributed by atoms with van der Waals surface area (Å²) >= 11 is 0. The molecule has 2 aromatic rings. The van der Waals surface area contributed by atoms with Crippen molar-refractivity contribution in [1.29, 1.82) is 0 Å². The van der Waals surface area contributed by atoms with Crippen LogP contribution < -0.4 is 0 Å². The van der Waals surface area contributed by atoms with E-state index in [1.54, 1.807) is 25.1 Å². The maximum Gasteiger partial charge on any atom is 0.330 e. The Bertz CT molecular complexity index is 1310. The molecule has 11 heteroatoms. The first kappa shape index (κ1) is 28.0. The highest BCUT2D eigenvalue weighted by atomic mass is 32.2. The highest BCUT2D eigenvalue weighted by molar-refractivity contribution is 7.94. The Morgan fingerprint density at radius 2 is 1.64 bits per heavy atom. The van der Waals surface area contributed by atoms with Crippen LogP contribution in [0.1, 0.15) is 12.5 Å². The second kappa shape index (κ2) is 10.8. The van der Waals surface area contributed by atoms with Gasteiger partial charge in [-0.2, -0.15) is 4.31 Å². The molecule has 0 aromatic heterocycles. The van der Waals surface area contributed by atoms with Crippen LogP contribution in [-0.2, 0) is 38.9 Å². The number of aryl methyl sites for hydroxylation is 1. The van der Waals surface area contributed by atoms with E-state index in [1.807, 2.05) is 6.92 Å². The smallest absolute Gasteiger partial charge is 0.330 e. The predicted octanol–water partition coefficient (Wildman–Crippen LogP) is 2.57. The number of nitrogens with zero attached hydrogens (tertiary/aromatic N) is 1. The topological polar surface area (TPSA) is 116 Å². The minimum absolute atomic E-state index is 0.0388. The Morgan fingerprint density at radius 1 is 1.03 bits per heavy atom. The number of carbonyl (C=O) groups is 1. The molecular formula is C25H31NO8S2. The van der Waals surface area contributed by atoms with Crippen molar-refractivity contribution in [1.82, 2.24) is 4.31 Å². The largest absolute Gasteiger partial charge is 0.468 e. The van der Waals surface area contributed by atoms with Crippen molar-refractivity contribution in [3.63, 3.8) is 0 Å². The average molecular weight is 538 g/mol. The van der Waals surface area contributed by atoms with Gasteiger partial charge in [-0.15, -0.1) is 0 Å². The third kappa shape index (κ3) is 4.61. The van der Waals surface area contributed by atoms with Crippen LogP contribution in [0.5, 0.6) is 0 Å². The molecule has 36 heavy (non-hydrogen) atoms. The lowest BCUT2D eigenvalue weighted by molar-refractivity contribution is -0.146. The van der Waals surface area contributed by atoms with Gasteiger partial charge in [0, 0.05) is 19.6 Å². The number of hydrogen-bond donors (Lipinski definition) is 0. The fourth-order valence-corrected chi connectivity index (χ4v) is 8.82. The molecule has 1 aliphatic heterocycles. The van der Waals surface area contributed by atoms with Crippen LogP contribution in [0.3, 0.4) is 0 Å². The first-order valence-corrected chi connectivity index (χ1v) is 14.1. The van der Waals surface area contributed by atoms with E-state index in [-0.39, 0.29) is 23.1 Å². The molecule has 1 saturated heterocycles. The molecule has 0 spiro atoms. The summed E-state index contributed by atoms with van der Waals surface area (Å²) in [7, 11) is -6.35. The van der Waals surface area contributed by atoms with Gasteiger partial charge in [0.25, 0.3) is 0 Å². The van der Waals surface area contributed by atoms with Crippen molar-refractivity contribution in [2.45, 2.75) is 34.4 Å². The fourth-order valence-electron chi connectivity index (χ4n) is 4.68. The van der Waals surface area contributed by atoms with E-state index in [9.17, 15) is 21.6 Å². The van der Waals surface area contributed by atoms with Crippen LogP contribution in [0, 0.1) is 12.8 Å². The summed E-state index contributed by atoms with van der Waals surface area (Å²) in [4.78, 5) is 13.4. The number of ether oxygens (including phenoxy) is 3. The maximum absolute atomic E-state index is 14.3. The average Bonchev–Trinajstić information content (AvgIpc) is 3.22. The predicted molar refractivity (Wildman–Crippen MR) is 133 cm³/mol. The summed E-state index contributed by atoms with van der Waals surface area (Å²) in [5.41, 5.74) is 1.17. The Morgan fingerprint density at radius 3 is 2.17 bits per heavy atom. The quantitative estimate of drug-likeness (QED) is 0.197. The lowest BCUT2D eigenvalue weighted by Gasteiger charge is -2.37. The summed E-state index contributed by atoms with van der Waals surface area (Å²) in [6, 6.07) is 12.1. The summed E-state index contributed by atoms with van der Waals surface area (Å²) in [5.74, 6) is -2.21. The Kier molecular flexibility index (Phi) is 8.41. The third-order valence-corrected chi connectivity index (χ3v) is 10.8. The van der Waals surface area contributed by atoms with Gasteiger partial charge < -0.3 is 14.2 Å². The number of sulfone groups is 1. The highest BCUT2D eigenvalue weighted by Gasteiger charge is 2.70. The number of sulfonamides is 1. The summed E-state index contributed by atoms with van der Waals surface area (Å²) in [6.45, 7) is 6.32. The van der Waals surface area contributed by atoms with Crippen LogP contribution in [-0.4, -0.2) is 72.1 Å². The number of esters is 1.